The molecule has 0 aliphatic carbocycles. The molecule has 0 spiro atoms. The fourth-order valence-electron chi connectivity index (χ4n) is 2.55. The molecule has 4 heteroatoms. The summed E-state index contributed by atoms with van der Waals surface area (Å²) in [5, 5.41) is 11.2. The van der Waals surface area contributed by atoms with Crippen molar-refractivity contribution >= 4 is 26.8 Å². The van der Waals surface area contributed by atoms with Crippen LogP contribution in [0.4, 0.5) is 0 Å². The van der Waals surface area contributed by atoms with E-state index in [1.165, 1.54) is 0 Å². The number of aromatic hydroxyl groups is 1. The van der Waals surface area contributed by atoms with Crippen molar-refractivity contribution in [2.75, 3.05) is 0 Å². The number of para-hydroxylation sites is 1. The van der Waals surface area contributed by atoms with E-state index in [0.717, 1.165) is 15.6 Å². The number of fused-ring (bicyclic) bond motifs is 1. The van der Waals surface area contributed by atoms with Crippen LogP contribution in [0.3, 0.4) is 0 Å². The summed E-state index contributed by atoms with van der Waals surface area (Å²) in [6.07, 6.45) is 0.406. The summed E-state index contributed by atoms with van der Waals surface area (Å²) >= 11 is 3.42. The van der Waals surface area contributed by atoms with Crippen molar-refractivity contribution in [3.63, 3.8) is 0 Å². The molecule has 1 N–H and O–H groups in total. The number of pyridine rings is 1. The Balaban J connectivity index is 2.21. The molecular formula is C17H14BrNO2. The second-order valence-electron chi connectivity index (χ2n) is 5.02. The van der Waals surface area contributed by atoms with Gasteiger partial charge in [-0.2, -0.15) is 0 Å². The van der Waals surface area contributed by atoms with Crippen LogP contribution in [0, 0.1) is 0 Å². The molecule has 1 heterocycles. The van der Waals surface area contributed by atoms with Crippen molar-refractivity contribution in [2.45, 2.75) is 6.42 Å². The van der Waals surface area contributed by atoms with E-state index in [1.807, 2.05) is 48.5 Å². The first-order valence-electron chi connectivity index (χ1n) is 6.62. The van der Waals surface area contributed by atoms with Crippen LogP contribution in [0.5, 0.6) is 5.75 Å². The average molecular weight is 344 g/mol. The molecule has 2 aromatic carbocycles. The third kappa shape index (κ3) is 2.47. The fraction of sp³-hybridized carbons (Fsp3) is 0.118. The van der Waals surface area contributed by atoms with Crippen molar-refractivity contribution in [2.24, 2.45) is 7.05 Å². The highest BCUT2D eigenvalue weighted by Crippen LogP contribution is 2.27. The van der Waals surface area contributed by atoms with E-state index in [2.05, 4.69) is 15.9 Å². The number of rotatable bonds is 2. The molecule has 0 fully saturated rings. The molecule has 3 rings (SSSR count). The Kier molecular flexibility index (Phi) is 3.55. The highest BCUT2D eigenvalue weighted by molar-refractivity contribution is 9.10. The smallest absolute Gasteiger partial charge is 0.258 e. The van der Waals surface area contributed by atoms with Crippen LogP contribution < -0.4 is 5.56 Å². The number of halogens is 1. The molecular weight excluding hydrogens is 330 g/mol. The van der Waals surface area contributed by atoms with Gasteiger partial charge in [-0.3, -0.25) is 4.79 Å². The number of aromatic nitrogens is 1. The normalized spacial score (nSPS) is 11.0. The SMILES string of the molecule is Cn1c(=O)c(Cc2cccc(Br)c2)c(O)c2ccccc21. The van der Waals surface area contributed by atoms with Gasteiger partial charge in [-0.1, -0.05) is 40.2 Å². The lowest BCUT2D eigenvalue weighted by Gasteiger charge is -2.12. The van der Waals surface area contributed by atoms with E-state index in [0.29, 0.717) is 17.4 Å². The maximum absolute atomic E-state index is 12.5. The van der Waals surface area contributed by atoms with Crippen molar-refractivity contribution in [1.82, 2.24) is 4.57 Å². The molecule has 21 heavy (non-hydrogen) atoms. The Morgan fingerprint density at radius 2 is 1.90 bits per heavy atom. The van der Waals surface area contributed by atoms with E-state index in [-0.39, 0.29) is 11.3 Å². The molecule has 0 radical (unpaired) electrons. The Morgan fingerprint density at radius 1 is 1.14 bits per heavy atom. The van der Waals surface area contributed by atoms with Crippen molar-refractivity contribution < 1.29 is 5.11 Å². The van der Waals surface area contributed by atoms with Crippen LogP contribution in [-0.2, 0) is 13.5 Å². The van der Waals surface area contributed by atoms with Crippen LogP contribution in [0.15, 0.2) is 57.8 Å². The third-order valence-electron chi connectivity index (χ3n) is 3.64. The topological polar surface area (TPSA) is 42.2 Å². The van der Waals surface area contributed by atoms with Crippen LogP contribution >= 0.6 is 15.9 Å². The summed E-state index contributed by atoms with van der Waals surface area (Å²) in [7, 11) is 1.73. The minimum absolute atomic E-state index is 0.0775. The molecule has 3 aromatic rings. The minimum Gasteiger partial charge on any atom is -0.507 e. The van der Waals surface area contributed by atoms with Crippen molar-refractivity contribution in [3.8, 4) is 5.75 Å². The molecule has 0 amide bonds. The van der Waals surface area contributed by atoms with Crippen LogP contribution in [0.2, 0.25) is 0 Å². The maximum Gasteiger partial charge on any atom is 0.258 e. The van der Waals surface area contributed by atoms with Gasteiger partial charge in [0.25, 0.3) is 5.56 Å². The van der Waals surface area contributed by atoms with Gasteiger partial charge in [0.1, 0.15) is 5.75 Å². The maximum atomic E-state index is 12.5. The summed E-state index contributed by atoms with van der Waals surface area (Å²) < 4.78 is 2.54. The second kappa shape index (κ2) is 5.37. The van der Waals surface area contributed by atoms with E-state index >= 15 is 0 Å². The zero-order valence-corrected chi connectivity index (χ0v) is 13.1. The lowest BCUT2D eigenvalue weighted by atomic mass is 10.0. The number of hydrogen-bond acceptors (Lipinski definition) is 2. The van der Waals surface area contributed by atoms with E-state index in [9.17, 15) is 9.90 Å². The number of benzene rings is 2. The monoisotopic (exact) mass is 343 g/mol. The highest BCUT2D eigenvalue weighted by Gasteiger charge is 2.14. The third-order valence-corrected chi connectivity index (χ3v) is 4.13. The molecule has 0 saturated heterocycles. The van der Waals surface area contributed by atoms with E-state index in [1.54, 1.807) is 11.6 Å². The largest absolute Gasteiger partial charge is 0.507 e. The molecule has 0 aliphatic rings. The molecule has 1 aromatic heterocycles. The Bertz CT molecular complexity index is 884. The van der Waals surface area contributed by atoms with Gasteiger partial charge in [0, 0.05) is 23.3 Å². The van der Waals surface area contributed by atoms with Crippen molar-refractivity contribution in [1.29, 1.82) is 0 Å². The summed E-state index contributed by atoms with van der Waals surface area (Å²) in [4.78, 5) is 12.5. The van der Waals surface area contributed by atoms with E-state index < -0.39 is 0 Å². The Hall–Kier alpha value is -2.07. The van der Waals surface area contributed by atoms with Gasteiger partial charge in [0.15, 0.2) is 0 Å². The average Bonchev–Trinajstić information content (AvgIpc) is 2.49. The summed E-state index contributed by atoms with van der Waals surface area (Å²) in [6.45, 7) is 0. The fourth-order valence-corrected chi connectivity index (χ4v) is 3.00. The Morgan fingerprint density at radius 3 is 2.67 bits per heavy atom. The first kappa shape index (κ1) is 13.9. The predicted molar refractivity (Wildman–Crippen MR) is 87.8 cm³/mol. The lowest BCUT2D eigenvalue weighted by molar-refractivity contribution is 0.473. The molecule has 0 atom stereocenters. The quantitative estimate of drug-likeness (QED) is 0.772. The summed E-state index contributed by atoms with van der Waals surface area (Å²) in [6, 6.07) is 15.1. The summed E-state index contributed by atoms with van der Waals surface area (Å²) in [5.41, 5.74) is 1.98. The van der Waals surface area contributed by atoms with Gasteiger partial charge >= 0.3 is 0 Å². The molecule has 0 bridgehead atoms. The standard InChI is InChI=1S/C17H14BrNO2/c1-19-15-8-3-2-7-13(15)16(20)14(17(19)21)10-11-5-4-6-12(18)9-11/h2-9,20H,10H2,1H3. The highest BCUT2D eigenvalue weighted by atomic mass is 79.9. The van der Waals surface area contributed by atoms with Crippen LogP contribution in [0.1, 0.15) is 11.1 Å². The first-order valence-corrected chi connectivity index (χ1v) is 7.41. The van der Waals surface area contributed by atoms with Crippen LogP contribution in [-0.4, -0.2) is 9.67 Å². The van der Waals surface area contributed by atoms with Gasteiger partial charge in [-0.05, 0) is 29.8 Å². The Labute approximate surface area is 130 Å². The molecule has 0 aliphatic heterocycles. The van der Waals surface area contributed by atoms with Gasteiger partial charge < -0.3 is 9.67 Å². The second-order valence-corrected chi connectivity index (χ2v) is 5.93. The number of hydrogen-bond donors (Lipinski definition) is 1. The minimum atomic E-state index is -0.161. The van der Waals surface area contributed by atoms with Gasteiger partial charge in [0.05, 0.1) is 11.1 Å². The lowest BCUT2D eigenvalue weighted by Crippen LogP contribution is -2.21. The number of aryl methyl sites for hydroxylation is 1. The molecule has 0 unspecified atom stereocenters. The first-order chi connectivity index (χ1) is 10.1. The van der Waals surface area contributed by atoms with E-state index in [4.69, 9.17) is 0 Å². The molecule has 3 nitrogen and oxygen atoms in total. The van der Waals surface area contributed by atoms with Gasteiger partial charge in [-0.25, -0.2) is 0 Å². The van der Waals surface area contributed by atoms with Gasteiger partial charge in [-0.15, -0.1) is 0 Å². The zero-order valence-electron chi connectivity index (χ0n) is 11.5. The number of nitrogens with zero attached hydrogens (tertiary/aromatic N) is 1. The van der Waals surface area contributed by atoms with Crippen molar-refractivity contribution in [3.05, 3.63) is 74.5 Å². The summed E-state index contributed by atoms with van der Waals surface area (Å²) in [5.74, 6) is 0.0775. The zero-order chi connectivity index (χ0) is 15.0. The van der Waals surface area contributed by atoms with Crippen LogP contribution in [0.25, 0.3) is 10.9 Å². The van der Waals surface area contributed by atoms with Gasteiger partial charge in [0.2, 0.25) is 0 Å². The molecule has 106 valence electrons. The predicted octanol–water partition coefficient (Wildman–Crippen LogP) is 3.60. The molecule has 0 saturated carbocycles.